The Morgan fingerprint density at radius 1 is 1.09 bits per heavy atom. The molecule has 3 heterocycles. The van der Waals surface area contributed by atoms with Crippen molar-refractivity contribution in [2.45, 2.75) is 56.9 Å². The third-order valence-corrected chi connectivity index (χ3v) is 9.61. The van der Waals surface area contributed by atoms with Crippen molar-refractivity contribution in [3.63, 3.8) is 0 Å². The molecule has 43 heavy (non-hydrogen) atoms. The Bertz CT molecular complexity index is 1610. The fourth-order valence-corrected chi connectivity index (χ4v) is 7.05. The van der Waals surface area contributed by atoms with Gasteiger partial charge in [0.2, 0.25) is 0 Å². The van der Waals surface area contributed by atoms with Crippen LogP contribution in [0.2, 0.25) is 5.02 Å². The lowest BCUT2D eigenvalue weighted by molar-refractivity contribution is -0.146. The van der Waals surface area contributed by atoms with Gasteiger partial charge in [-0.2, -0.15) is 0 Å². The van der Waals surface area contributed by atoms with Crippen molar-refractivity contribution in [3.05, 3.63) is 79.6 Å². The summed E-state index contributed by atoms with van der Waals surface area (Å²) < 4.78 is 45.0. The van der Waals surface area contributed by atoms with Gasteiger partial charge < -0.3 is 19.2 Å². The maximum absolute atomic E-state index is 14.6. The second-order valence-corrected chi connectivity index (χ2v) is 12.1. The quantitative estimate of drug-likeness (QED) is 0.267. The van der Waals surface area contributed by atoms with Crippen LogP contribution >= 0.6 is 22.9 Å². The molecule has 1 saturated carbocycles. The van der Waals surface area contributed by atoms with Gasteiger partial charge in [0.05, 0.1) is 36.4 Å². The molecule has 0 radical (unpaired) electrons. The molecule has 1 N–H and O–H groups in total. The van der Waals surface area contributed by atoms with E-state index in [1.807, 2.05) is 0 Å². The van der Waals surface area contributed by atoms with E-state index in [2.05, 4.69) is 10.3 Å². The number of aryl methyl sites for hydroxylation is 1. The summed E-state index contributed by atoms with van der Waals surface area (Å²) in [7, 11) is 2.67. The predicted molar refractivity (Wildman–Crippen MR) is 154 cm³/mol. The molecule has 2 unspecified atom stereocenters. The number of nitrogens with one attached hydrogen (secondary N) is 1. The Kier molecular flexibility index (Phi) is 8.32. The Balaban J connectivity index is 1.34. The smallest absolute Gasteiger partial charge is 0.338 e. The van der Waals surface area contributed by atoms with E-state index in [4.69, 9.17) is 35.5 Å². The summed E-state index contributed by atoms with van der Waals surface area (Å²) in [5.74, 6) is -1.57. The summed E-state index contributed by atoms with van der Waals surface area (Å²) in [6.45, 7) is 0. The average molecular weight is 631 g/mol. The van der Waals surface area contributed by atoms with Crippen molar-refractivity contribution >= 4 is 40.7 Å². The molecule has 6 rings (SSSR count). The fraction of sp³-hybridized carbons (Fsp3) is 0.433. The van der Waals surface area contributed by atoms with Gasteiger partial charge in [0.15, 0.2) is 28.4 Å². The van der Waals surface area contributed by atoms with E-state index in [9.17, 15) is 18.4 Å². The number of aliphatic imine (C=N–C) groups is 1. The molecule has 9 nitrogen and oxygen atoms in total. The summed E-state index contributed by atoms with van der Waals surface area (Å²) in [6.07, 6.45) is 6.34. The summed E-state index contributed by atoms with van der Waals surface area (Å²) in [4.78, 5) is 39.2. The second kappa shape index (κ2) is 12.2. The number of carbonyl (C=O) groups excluding carboxylic acids is 2. The number of hydrogen-bond donors (Lipinski definition) is 1. The van der Waals surface area contributed by atoms with Crippen LogP contribution in [0.1, 0.15) is 72.0 Å². The third kappa shape index (κ3) is 5.58. The molecule has 3 aliphatic rings. The van der Waals surface area contributed by atoms with E-state index in [1.54, 1.807) is 11.6 Å². The average Bonchev–Trinajstić information content (AvgIpc) is 3.73. The van der Waals surface area contributed by atoms with Crippen LogP contribution in [-0.4, -0.2) is 42.0 Å². The first-order valence-corrected chi connectivity index (χ1v) is 15.3. The number of benzene rings is 1. The molecule has 13 heteroatoms. The molecule has 0 bridgehead atoms. The zero-order chi connectivity index (χ0) is 30.2. The van der Waals surface area contributed by atoms with Crippen molar-refractivity contribution in [2.24, 2.45) is 16.8 Å². The van der Waals surface area contributed by atoms with Gasteiger partial charge in [-0.1, -0.05) is 17.7 Å². The number of oxazole rings is 1. The van der Waals surface area contributed by atoms with Crippen molar-refractivity contribution in [1.82, 2.24) is 15.3 Å². The number of methoxy groups -OCH3 is 2. The SMILES string of the molecule is COC(=O)C1=C(C2CCc3nc([C@H]4CC[C@H](C(=O)OC)CC4)oc3C2)NC(c2nccs2)=NC1c1ccc(F)c(F)c1Cl. The molecule has 1 aromatic carbocycles. The number of aromatic nitrogens is 2. The number of fused-ring (bicyclic) bond motifs is 1. The van der Waals surface area contributed by atoms with Crippen LogP contribution in [-0.2, 0) is 31.9 Å². The van der Waals surface area contributed by atoms with Gasteiger partial charge in [-0.25, -0.2) is 23.5 Å². The third-order valence-electron chi connectivity index (χ3n) is 8.45. The maximum atomic E-state index is 14.6. The lowest BCUT2D eigenvalue weighted by atomic mass is 9.82. The van der Waals surface area contributed by atoms with Crippen molar-refractivity contribution in [1.29, 1.82) is 0 Å². The fourth-order valence-electron chi connectivity index (χ4n) is 6.21. The first kappa shape index (κ1) is 29.4. The van der Waals surface area contributed by atoms with E-state index in [-0.39, 0.29) is 34.9 Å². The largest absolute Gasteiger partial charge is 0.469 e. The lowest BCUT2D eigenvalue weighted by Gasteiger charge is -2.32. The Morgan fingerprint density at radius 3 is 2.58 bits per heavy atom. The first-order chi connectivity index (χ1) is 20.8. The number of hydrogen-bond acceptors (Lipinski definition) is 10. The highest BCUT2D eigenvalue weighted by atomic mass is 35.5. The summed E-state index contributed by atoms with van der Waals surface area (Å²) in [5, 5.41) is 5.21. The first-order valence-electron chi connectivity index (χ1n) is 14.1. The number of ether oxygens (including phenoxy) is 2. The zero-order valence-electron chi connectivity index (χ0n) is 23.5. The van der Waals surface area contributed by atoms with Crippen molar-refractivity contribution in [3.8, 4) is 0 Å². The van der Waals surface area contributed by atoms with Crippen LogP contribution in [0.5, 0.6) is 0 Å². The van der Waals surface area contributed by atoms with Crippen LogP contribution in [0, 0.1) is 23.5 Å². The zero-order valence-corrected chi connectivity index (χ0v) is 25.1. The van der Waals surface area contributed by atoms with Crippen LogP contribution in [0.4, 0.5) is 8.78 Å². The topological polar surface area (TPSA) is 116 Å². The van der Waals surface area contributed by atoms with Gasteiger partial charge in [0, 0.05) is 41.1 Å². The minimum atomic E-state index is -1.22. The summed E-state index contributed by atoms with van der Waals surface area (Å²) in [6, 6.07) is 1.23. The molecule has 2 atom stereocenters. The number of carbonyl (C=O) groups is 2. The Hall–Kier alpha value is -3.64. The van der Waals surface area contributed by atoms with Crippen LogP contribution in [0.15, 0.2) is 44.4 Å². The van der Waals surface area contributed by atoms with Crippen LogP contribution < -0.4 is 5.32 Å². The van der Waals surface area contributed by atoms with Gasteiger partial charge in [-0.15, -0.1) is 11.3 Å². The van der Waals surface area contributed by atoms with Gasteiger partial charge in [-0.05, 0) is 44.6 Å². The second-order valence-electron chi connectivity index (χ2n) is 10.9. The predicted octanol–water partition coefficient (Wildman–Crippen LogP) is 5.83. The standard InChI is InChI=1S/C30H29ClF2N4O5S/c1-40-29(38)15-5-3-14(4-6-15)27-35-19-10-7-16(13-20(19)42-27)24-21(30(39)41-2)25(17-8-9-18(32)23(33)22(17)31)37-26(36-24)28-34-11-12-43-28/h8-9,11-12,14-16,25H,3-7,10,13H2,1-2H3,(H,36,37)/t14-,15-,16?,25?. The molecular weight excluding hydrogens is 602 g/mol. The van der Waals surface area contributed by atoms with E-state index in [0.29, 0.717) is 41.7 Å². The van der Waals surface area contributed by atoms with E-state index < -0.39 is 28.7 Å². The van der Waals surface area contributed by atoms with E-state index in [1.165, 1.54) is 31.6 Å². The highest BCUT2D eigenvalue weighted by Gasteiger charge is 2.39. The molecule has 226 valence electrons. The number of amidine groups is 1. The van der Waals surface area contributed by atoms with Crippen molar-refractivity contribution < 1.29 is 32.3 Å². The Labute approximate surface area is 255 Å². The van der Waals surface area contributed by atoms with Crippen molar-refractivity contribution in [2.75, 3.05) is 14.2 Å². The molecule has 1 aliphatic heterocycles. The number of esters is 2. The van der Waals surface area contributed by atoms with Gasteiger partial charge in [-0.3, -0.25) is 9.79 Å². The highest BCUT2D eigenvalue weighted by Crippen LogP contribution is 2.43. The van der Waals surface area contributed by atoms with Gasteiger partial charge in [0.1, 0.15) is 11.8 Å². The number of nitrogens with zero attached hydrogens (tertiary/aromatic N) is 3. The molecular formula is C30H29ClF2N4O5S. The van der Waals surface area contributed by atoms with Crippen LogP contribution in [0.25, 0.3) is 0 Å². The molecule has 2 aromatic heterocycles. The minimum absolute atomic E-state index is 0.0963. The van der Waals surface area contributed by atoms with Gasteiger partial charge in [0.25, 0.3) is 0 Å². The molecule has 0 saturated heterocycles. The van der Waals surface area contributed by atoms with Crippen LogP contribution in [0.3, 0.4) is 0 Å². The van der Waals surface area contributed by atoms with Gasteiger partial charge >= 0.3 is 11.9 Å². The maximum Gasteiger partial charge on any atom is 0.338 e. The molecule has 1 fully saturated rings. The highest BCUT2D eigenvalue weighted by molar-refractivity contribution is 7.11. The number of thiazole rings is 1. The van der Waals surface area contributed by atoms with E-state index in [0.717, 1.165) is 43.2 Å². The number of allylic oxidation sites excluding steroid dienone is 1. The summed E-state index contributed by atoms with van der Waals surface area (Å²) in [5.41, 5.74) is 1.71. The molecule has 3 aromatic rings. The number of halogens is 3. The monoisotopic (exact) mass is 630 g/mol. The summed E-state index contributed by atoms with van der Waals surface area (Å²) >= 11 is 7.63. The molecule has 0 amide bonds. The Morgan fingerprint density at radius 2 is 1.88 bits per heavy atom. The van der Waals surface area contributed by atoms with E-state index >= 15 is 0 Å². The lowest BCUT2D eigenvalue weighted by Crippen LogP contribution is -2.38. The number of rotatable bonds is 6. The molecule has 2 aliphatic carbocycles. The molecule has 0 spiro atoms. The normalized spacial score (nSPS) is 23.7. The minimum Gasteiger partial charge on any atom is -0.469 e.